The van der Waals surface area contributed by atoms with E-state index in [2.05, 4.69) is 18.7 Å². The number of hydrogen-bond donors (Lipinski definition) is 0. The smallest absolute Gasteiger partial charge is 0.0563 e. The lowest BCUT2D eigenvalue weighted by Crippen LogP contribution is -2.15. The van der Waals surface area contributed by atoms with Crippen molar-refractivity contribution in [1.29, 1.82) is 0 Å². The van der Waals surface area contributed by atoms with Crippen LogP contribution >= 0.6 is 0 Å². The first-order chi connectivity index (χ1) is 10.2. The molecule has 0 aliphatic carbocycles. The molecule has 0 amide bonds. The van der Waals surface area contributed by atoms with Crippen LogP contribution in [0, 0.1) is 11.1 Å². The highest BCUT2D eigenvalue weighted by Gasteiger charge is 1.96. The van der Waals surface area contributed by atoms with Crippen molar-refractivity contribution >= 4 is 0 Å². The molecule has 128 valence electrons. The van der Waals surface area contributed by atoms with Crippen LogP contribution in [-0.4, -0.2) is 18.9 Å². The Hall–Kier alpha value is -0.120. The van der Waals surface area contributed by atoms with Crippen LogP contribution in [0.4, 0.5) is 0 Å². The summed E-state index contributed by atoms with van der Waals surface area (Å²) in [6, 6.07) is 0. The fraction of sp³-hybridized carbons (Fsp3) is 1.00. The van der Waals surface area contributed by atoms with Crippen molar-refractivity contribution in [2.24, 2.45) is 5.92 Å². The third kappa shape index (κ3) is 17.8. The monoisotopic (exact) mass is 300 g/mol. The van der Waals surface area contributed by atoms with Crippen LogP contribution < -0.4 is 0 Å². The second-order valence-electron chi connectivity index (χ2n) is 6.66. The Morgan fingerprint density at radius 1 is 0.714 bits per heavy atom. The number of hydroxylamine groups is 2. The van der Waals surface area contributed by atoms with E-state index in [-0.39, 0.29) is 0 Å². The van der Waals surface area contributed by atoms with Gasteiger partial charge < -0.3 is 10.0 Å². The van der Waals surface area contributed by atoms with Crippen LogP contribution in [0.3, 0.4) is 0 Å². The molecule has 0 aromatic rings. The lowest BCUT2D eigenvalue weighted by molar-refractivity contribution is -0.0881. The summed E-state index contributed by atoms with van der Waals surface area (Å²) in [5.74, 6) is 0.871. The summed E-state index contributed by atoms with van der Waals surface area (Å²) < 4.78 is 0. The molecule has 0 aromatic carbocycles. The number of nitrogens with zero attached hydrogens (tertiary/aromatic N) is 1. The average Bonchev–Trinajstić information content (AvgIpc) is 2.46. The first-order valence-corrected chi connectivity index (χ1v) is 9.15. The zero-order valence-electron chi connectivity index (χ0n) is 14.7. The molecular weight excluding hydrogens is 262 g/mol. The maximum absolute atomic E-state index is 10.8. The second kappa shape index (κ2) is 16.3. The van der Waals surface area contributed by atoms with Crippen molar-refractivity contribution in [2.45, 2.75) is 97.3 Å². The van der Waals surface area contributed by atoms with Crippen molar-refractivity contribution in [2.75, 3.05) is 13.7 Å². The van der Waals surface area contributed by atoms with Gasteiger partial charge in [0.1, 0.15) is 0 Å². The van der Waals surface area contributed by atoms with E-state index < -0.39 is 0 Å². The zero-order chi connectivity index (χ0) is 15.8. The summed E-state index contributed by atoms with van der Waals surface area (Å²) >= 11 is 0. The van der Waals surface area contributed by atoms with E-state index in [1.54, 1.807) is 0 Å². The van der Waals surface area contributed by atoms with Crippen LogP contribution in [0.5, 0.6) is 0 Å². The molecule has 0 unspecified atom stereocenters. The Morgan fingerprint density at radius 3 is 1.48 bits per heavy atom. The maximum atomic E-state index is 10.8. The van der Waals surface area contributed by atoms with Gasteiger partial charge >= 0.3 is 0 Å². The Balaban J connectivity index is 2.99. The number of hydrogen-bond acceptors (Lipinski definition) is 3. The molecule has 0 atom stereocenters. The van der Waals surface area contributed by atoms with Crippen molar-refractivity contribution in [1.82, 2.24) is 5.23 Å². The second-order valence-corrected chi connectivity index (χ2v) is 6.66. The molecule has 0 fully saturated rings. The van der Waals surface area contributed by atoms with E-state index >= 15 is 0 Å². The quantitative estimate of drug-likeness (QED) is 0.256. The van der Waals surface area contributed by atoms with Gasteiger partial charge in [0.25, 0.3) is 0 Å². The minimum Gasteiger partial charge on any atom is -0.762 e. The highest BCUT2D eigenvalue weighted by atomic mass is 16.9. The van der Waals surface area contributed by atoms with Gasteiger partial charge in [-0.3, -0.25) is 5.23 Å². The SMILES string of the molecule is CON([O-])CCCCCCCCCCCCCCC(C)C. The highest BCUT2D eigenvalue weighted by molar-refractivity contribution is 4.51. The molecule has 0 aromatic heterocycles. The minimum absolute atomic E-state index is 0.507. The lowest BCUT2D eigenvalue weighted by Gasteiger charge is -2.24. The summed E-state index contributed by atoms with van der Waals surface area (Å²) in [4.78, 5) is 4.55. The Labute approximate surface area is 133 Å². The van der Waals surface area contributed by atoms with Crippen LogP contribution in [0.1, 0.15) is 97.3 Å². The average molecular weight is 301 g/mol. The predicted octanol–water partition coefficient (Wildman–Crippen LogP) is 6.07. The Bertz CT molecular complexity index is 198. The molecule has 0 saturated carbocycles. The molecular formula is C18H38NO2-. The molecule has 3 nitrogen and oxygen atoms in total. The first-order valence-electron chi connectivity index (χ1n) is 9.15. The van der Waals surface area contributed by atoms with Gasteiger partial charge in [0.05, 0.1) is 7.11 Å². The van der Waals surface area contributed by atoms with E-state index in [1.165, 1.54) is 77.7 Å². The van der Waals surface area contributed by atoms with Gasteiger partial charge in [-0.05, 0) is 12.3 Å². The fourth-order valence-corrected chi connectivity index (χ4v) is 2.65. The third-order valence-corrected chi connectivity index (χ3v) is 4.08. The van der Waals surface area contributed by atoms with Crippen LogP contribution in [-0.2, 0) is 4.84 Å². The molecule has 0 bridgehead atoms. The van der Waals surface area contributed by atoms with Crippen LogP contribution in [0.15, 0.2) is 0 Å². The summed E-state index contributed by atoms with van der Waals surface area (Å²) in [7, 11) is 1.43. The van der Waals surface area contributed by atoms with Gasteiger partial charge in [-0.2, -0.15) is 0 Å². The van der Waals surface area contributed by atoms with E-state index in [1.807, 2.05) is 0 Å². The first kappa shape index (κ1) is 20.9. The zero-order valence-corrected chi connectivity index (χ0v) is 14.7. The maximum Gasteiger partial charge on any atom is 0.0563 e. The van der Waals surface area contributed by atoms with E-state index in [4.69, 9.17) is 0 Å². The summed E-state index contributed by atoms with van der Waals surface area (Å²) in [5.41, 5.74) is 0. The third-order valence-electron chi connectivity index (χ3n) is 4.08. The molecule has 0 saturated heterocycles. The number of unbranched alkanes of at least 4 members (excludes halogenated alkanes) is 11. The molecule has 21 heavy (non-hydrogen) atoms. The summed E-state index contributed by atoms with van der Waals surface area (Å²) in [5, 5.41) is 11.5. The van der Waals surface area contributed by atoms with Gasteiger partial charge in [0.2, 0.25) is 0 Å². The van der Waals surface area contributed by atoms with Crippen molar-refractivity contribution < 1.29 is 4.84 Å². The number of rotatable bonds is 16. The minimum atomic E-state index is 0.507. The van der Waals surface area contributed by atoms with E-state index in [0.29, 0.717) is 11.8 Å². The fourth-order valence-electron chi connectivity index (χ4n) is 2.65. The van der Waals surface area contributed by atoms with Gasteiger partial charge in [0.15, 0.2) is 0 Å². The molecule has 0 radical (unpaired) electrons. The normalized spacial score (nSPS) is 11.7. The van der Waals surface area contributed by atoms with Crippen molar-refractivity contribution in [3.8, 4) is 0 Å². The highest BCUT2D eigenvalue weighted by Crippen LogP contribution is 2.14. The van der Waals surface area contributed by atoms with Crippen LogP contribution in [0.2, 0.25) is 0 Å². The van der Waals surface area contributed by atoms with Gasteiger partial charge in [-0.25, -0.2) is 0 Å². The van der Waals surface area contributed by atoms with Crippen LogP contribution in [0.25, 0.3) is 0 Å². The standard InChI is InChI=1S/C18H38NO2/c1-18(2)16-14-12-10-8-6-4-5-7-9-11-13-15-17-19(20)21-3/h18H,4-17H2,1-3H3/q-1. The van der Waals surface area contributed by atoms with Gasteiger partial charge in [-0.15, -0.1) is 0 Å². The predicted molar refractivity (Wildman–Crippen MR) is 91.9 cm³/mol. The van der Waals surface area contributed by atoms with Crippen molar-refractivity contribution in [3.63, 3.8) is 0 Å². The Kier molecular flexibility index (Phi) is 16.2. The molecule has 0 aliphatic rings. The van der Waals surface area contributed by atoms with E-state index in [0.717, 1.165) is 18.8 Å². The summed E-state index contributed by atoms with van der Waals surface area (Å²) in [6.07, 6.45) is 17.3. The molecule has 0 N–H and O–H groups in total. The van der Waals surface area contributed by atoms with Crippen molar-refractivity contribution in [3.05, 3.63) is 5.21 Å². The molecule has 0 spiro atoms. The topological polar surface area (TPSA) is 35.5 Å². The molecule has 0 aliphatic heterocycles. The van der Waals surface area contributed by atoms with E-state index in [9.17, 15) is 5.21 Å². The largest absolute Gasteiger partial charge is 0.762 e. The van der Waals surface area contributed by atoms with Gasteiger partial charge in [-0.1, -0.05) is 90.9 Å². The lowest BCUT2D eigenvalue weighted by atomic mass is 10.0. The molecule has 0 rings (SSSR count). The molecule has 0 heterocycles. The Morgan fingerprint density at radius 2 is 1.10 bits per heavy atom. The summed E-state index contributed by atoms with van der Waals surface area (Å²) in [6.45, 7) is 5.13. The molecule has 3 heteroatoms. The van der Waals surface area contributed by atoms with Gasteiger partial charge in [0, 0.05) is 6.54 Å².